The van der Waals surface area contributed by atoms with Crippen molar-refractivity contribution in [3.05, 3.63) is 6.92 Å². The fourth-order valence-electron chi connectivity index (χ4n) is 1.21. The van der Waals surface area contributed by atoms with Crippen molar-refractivity contribution in [2.45, 2.75) is 55.2 Å². The van der Waals surface area contributed by atoms with Crippen molar-refractivity contribution in [2.75, 3.05) is 0 Å². The lowest BCUT2D eigenvalue weighted by atomic mass is 10.1. The van der Waals surface area contributed by atoms with Gasteiger partial charge in [-0.1, -0.05) is 80.3 Å². The van der Waals surface area contributed by atoms with Gasteiger partial charge in [-0.15, -0.1) is 0 Å². The first kappa shape index (κ1) is 13.9. The molecular weight excluding hydrogens is 226 g/mol. The van der Waals surface area contributed by atoms with Gasteiger partial charge in [0, 0.05) is 0 Å². The second kappa shape index (κ2) is 8.20. The molecule has 0 rings (SSSR count). The number of rotatable bonds is 7. The van der Waals surface area contributed by atoms with Crippen LogP contribution < -0.4 is 0 Å². The summed E-state index contributed by atoms with van der Waals surface area (Å²) in [5.41, 5.74) is 0. The van der Waals surface area contributed by atoms with Gasteiger partial charge in [-0.2, -0.15) is 0 Å². The van der Waals surface area contributed by atoms with Crippen LogP contribution in [0.4, 0.5) is 0 Å². The van der Waals surface area contributed by atoms with Gasteiger partial charge in [0.25, 0.3) is 0 Å². The third kappa shape index (κ3) is 12.9. The first-order chi connectivity index (χ1) is 6.06. The Kier molecular flexibility index (Phi) is 8.75. The molecule has 0 saturated carbocycles. The molecule has 1 radical (unpaired) electrons. The minimum absolute atomic E-state index is 0.674. The average molecular weight is 245 g/mol. The van der Waals surface area contributed by atoms with E-state index >= 15 is 0 Å². The number of halogens is 3. The summed E-state index contributed by atoms with van der Waals surface area (Å²) in [6, 6.07) is 0. The van der Waals surface area contributed by atoms with Crippen molar-refractivity contribution in [3.63, 3.8) is 0 Å². The van der Waals surface area contributed by atoms with Crippen molar-refractivity contribution in [3.8, 4) is 0 Å². The third-order valence-corrected chi connectivity index (χ3v) is 2.53. The molecule has 0 N–H and O–H groups in total. The average Bonchev–Trinajstić information content (AvgIpc) is 2.01. The summed E-state index contributed by atoms with van der Waals surface area (Å²) in [6.07, 6.45) is 8.98. The lowest BCUT2D eigenvalue weighted by Crippen LogP contribution is -2.00. The zero-order valence-corrected chi connectivity index (χ0v) is 10.3. The fraction of sp³-hybridized carbons (Fsp3) is 0.900. The lowest BCUT2D eigenvalue weighted by Gasteiger charge is -2.09. The highest BCUT2D eigenvalue weighted by Crippen LogP contribution is 2.32. The Morgan fingerprint density at radius 1 is 0.769 bits per heavy atom. The van der Waals surface area contributed by atoms with Crippen molar-refractivity contribution >= 4 is 34.8 Å². The van der Waals surface area contributed by atoms with Crippen LogP contribution in [0.15, 0.2) is 0 Å². The highest BCUT2D eigenvalue weighted by Gasteiger charge is 2.17. The standard InChI is InChI=1S/C10H18Cl3/c1-2-3-4-5-6-7-8-9-10(11,12)13/h1-9H2. The van der Waals surface area contributed by atoms with Crippen molar-refractivity contribution in [2.24, 2.45) is 0 Å². The summed E-state index contributed by atoms with van der Waals surface area (Å²) < 4.78 is -1.05. The minimum Gasteiger partial charge on any atom is -0.0837 e. The van der Waals surface area contributed by atoms with E-state index in [1.54, 1.807) is 0 Å². The number of unbranched alkanes of at least 4 members (excludes halogenated alkanes) is 6. The van der Waals surface area contributed by atoms with Gasteiger partial charge < -0.3 is 0 Å². The van der Waals surface area contributed by atoms with Gasteiger partial charge in [0.2, 0.25) is 0 Å². The smallest absolute Gasteiger partial charge is 0.0837 e. The van der Waals surface area contributed by atoms with E-state index in [0.29, 0.717) is 6.42 Å². The number of hydrogen-bond acceptors (Lipinski definition) is 0. The van der Waals surface area contributed by atoms with Crippen molar-refractivity contribution in [1.29, 1.82) is 0 Å². The summed E-state index contributed by atoms with van der Waals surface area (Å²) in [5.74, 6) is 0. The quantitative estimate of drug-likeness (QED) is 0.420. The Bertz CT molecular complexity index is 107. The predicted octanol–water partition coefficient (Wildman–Crippen LogP) is 5.31. The normalized spacial score (nSPS) is 12.0. The molecule has 0 aliphatic heterocycles. The molecule has 0 saturated heterocycles. The first-order valence-electron chi connectivity index (χ1n) is 4.92. The monoisotopic (exact) mass is 243 g/mol. The van der Waals surface area contributed by atoms with Crippen LogP contribution in [0.3, 0.4) is 0 Å². The van der Waals surface area contributed by atoms with Crippen LogP contribution in [0.2, 0.25) is 0 Å². The van der Waals surface area contributed by atoms with E-state index in [-0.39, 0.29) is 0 Å². The van der Waals surface area contributed by atoms with E-state index in [0.717, 1.165) is 12.8 Å². The molecule has 0 atom stereocenters. The van der Waals surface area contributed by atoms with Crippen LogP contribution in [0.25, 0.3) is 0 Å². The Hall–Kier alpha value is 0.870. The number of hydrogen-bond donors (Lipinski definition) is 0. The summed E-state index contributed by atoms with van der Waals surface area (Å²) >= 11 is 16.9. The van der Waals surface area contributed by atoms with Gasteiger partial charge >= 0.3 is 0 Å². The van der Waals surface area contributed by atoms with E-state index in [9.17, 15) is 0 Å². The van der Waals surface area contributed by atoms with Gasteiger partial charge in [-0.05, 0) is 12.8 Å². The van der Waals surface area contributed by atoms with Gasteiger partial charge in [0.05, 0.1) is 0 Å². The Balaban J connectivity index is 3.00. The zero-order valence-electron chi connectivity index (χ0n) is 8.00. The van der Waals surface area contributed by atoms with Crippen molar-refractivity contribution < 1.29 is 0 Å². The predicted molar refractivity (Wildman–Crippen MR) is 62.6 cm³/mol. The van der Waals surface area contributed by atoms with Crippen LogP contribution in [0, 0.1) is 6.92 Å². The molecule has 0 spiro atoms. The Morgan fingerprint density at radius 3 is 1.69 bits per heavy atom. The van der Waals surface area contributed by atoms with E-state index < -0.39 is 3.79 Å². The molecule has 0 unspecified atom stereocenters. The van der Waals surface area contributed by atoms with Crippen molar-refractivity contribution in [1.82, 2.24) is 0 Å². The van der Waals surface area contributed by atoms with E-state index in [4.69, 9.17) is 34.8 Å². The third-order valence-electron chi connectivity index (χ3n) is 1.96. The van der Waals surface area contributed by atoms with Crippen LogP contribution in [-0.4, -0.2) is 3.79 Å². The summed E-state index contributed by atoms with van der Waals surface area (Å²) in [4.78, 5) is 0. The maximum atomic E-state index is 5.62. The topological polar surface area (TPSA) is 0 Å². The highest BCUT2D eigenvalue weighted by atomic mass is 35.6. The molecule has 79 valence electrons. The van der Waals surface area contributed by atoms with Gasteiger partial charge in [-0.25, -0.2) is 0 Å². The minimum atomic E-state index is -1.05. The van der Waals surface area contributed by atoms with Crippen LogP contribution >= 0.6 is 34.8 Å². The SMILES string of the molecule is [CH2]CCCCCCCCC(Cl)(Cl)Cl. The van der Waals surface area contributed by atoms with Gasteiger partial charge in [0.1, 0.15) is 0 Å². The molecule has 0 aromatic rings. The molecule has 3 heteroatoms. The molecule has 0 nitrogen and oxygen atoms in total. The molecule has 0 fully saturated rings. The maximum absolute atomic E-state index is 5.62. The zero-order chi connectivity index (χ0) is 10.2. The lowest BCUT2D eigenvalue weighted by molar-refractivity contribution is 0.584. The largest absolute Gasteiger partial charge is 0.190 e. The van der Waals surface area contributed by atoms with Gasteiger partial charge in [0.15, 0.2) is 3.79 Å². The van der Waals surface area contributed by atoms with E-state index in [1.807, 2.05) is 0 Å². The number of alkyl halides is 3. The maximum Gasteiger partial charge on any atom is 0.190 e. The molecule has 13 heavy (non-hydrogen) atoms. The molecule has 0 bridgehead atoms. The molecule has 0 aliphatic carbocycles. The van der Waals surface area contributed by atoms with E-state index in [2.05, 4.69) is 6.92 Å². The fourth-order valence-corrected chi connectivity index (χ4v) is 1.61. The molecule has 0 amide bonds. The second-order valence-corrected chi connectivity index (χ2v) is 5.86. The molecule has 0 aromatic heterocycles. The Morgan fingerprint density at radius 2 is 1.23 bits per heavy atom. The Labute approximate surface area is 96.9 Å². The molecular formula is C10H18Cl3. The van der Waals surface area contributed by atoms with Crippen LogP contribution in [0.1, 0.15) is 51.4 Å². The summed E-state index contributed by atoms with van der Waals surface area (Å²) in [5, 5.41) is 0. The molecule has 0 aliphatic rings. The second-order valence-electron chi connectivity index (χ2n) is 3.34. The first-order valence-corrected chi connectivity index (χ1v) is 6.05. The summed E-state index contributed by atoms with van der Waals surface area (Å²) in [6.45, 7) is 3.80. The van der Waals surface area contributed by atoms with Crippen LogP contribution in [0.5, 0.6) is 0 Å². The summed E-state index contributed by atoms with van der Waals surface area (Å²) in [7, 11) is 0. The van der Waals surface area contributed by atoms with E-state index in [1.165, 1.54) is 32.1 Å². The van der Waals surface area contributed by atoms with Gasteiger partial charge in [-0.3, -0.25) is 0 Å². The molecule has 0 heterocycles. The molecule has 0 aromatic carbocycles. The van der Waals surface area contributed by atoms with Crippen LogP contribution in [-0.2, 0) is 0 Å². The highest BCUT2D eigenvalue weighted by molar-refractivity contribution is 6.67.